The molecule has 48 heavy (non-hydrogen) atoms. The molecule has 11 heteroatoms. The topological polar surface area (TPSA) is 102 Å². The van der Waals surface area contributed by atoms with E-state index in [1.807, 2.05) is 54.6 Å². The number of ketones is 1. The highest BCUT2D eigenvalue weighted by molar-refractivity contribution is 8.00. The molecule has 0 aliphatic carbocycles. The van der Waals surface area contributed by atoms with Crippen molar-refractivity contribution in [1.82, 2.24) is 10.2 Å². The van der Waals surface area contributed by atoms with Gasteiger partial charge < -0.3 is 14.6 Å². The lowest BCUT2D eigenvalue weighted by atomic mass is 9.95. The van der Waals surface area contributed by atoms with Gasteiger partial charge in [-0.15, -0.1) is 10.2 Å². The van der Waals surface area contributed by atoms with Crippen molar-refractivity contribution in [3.05, 3.63) is 136 Å². The number of carbonyl (C=O) groups excluding carboxylic acids is 2. The Kier molecular flexibility index (Phi) is 10.7. The molecule has 1 aliphatic rings. The van der Waals surface area contributed by atoms with Crippen LogP contribution in [0.2, 0.25) is 5.02 Å². The summed E-state index contributed by atoms with van der Waals surface area (Å²) in [6.45, 7) is 3.06. The average molecular weight is 698 g/mol. The molecule has 1 fully saturated rings. The van der Waals surface area contributed by atoms with E-state index >= 15 is 0 Å². The highest BCUT2D eigenvalue weighted by atomic mass is 35.5. The lowest BCUT2D eigenvalue weighted by Gasteiger charge is -2.22. The number of benzene rings is 4. The van der Waals surface area contributed by atoms with Crippen molar-refractivity contribution in [2.45, 2.75) is 42.5 Å². The smallest absolute Gasteiger partial charge is 0.301 e. The summed E-state index contributed by atoms with van der Waals surface area (Å²) in [6, 6.07) is 30.4. The molecule has 244 valence electrons. The number of ether oxygens (including phenoxy) is 2. The Hall–Kier alpha value is -4.64. The van der Waals surface area contributed by atoms with Crippen molar-refractivity contribution >= 4 is 57.3 Å². The van der Waals surface area contributed by atoms with Crippen molar-refractivity contribution in [3.8, 4) is 11.5 Å². The number of aliphatic hydroxyl groups excluding tert-OH is 1. The van der Waals surface area contributed by atoms with Crippen LogP contribution in [0.25, 0.3) is 5.76 Å². The molecular weight excluding hydrogens is 666 g/mol. The summed E-state index contributed by atoms with van der Waals surface area (Å²) >= 11 is 8.69. The van der Waals surface area contributed by atoms with Crippen LogP contribution in [0.3, 0.4) is 0 Å². The normalized spacial score (nSPS) is 15.5. The number of aromatic nitrogens is 2. The van der Waals surface area contributed by atoms with Crippen LogP contribution in [0.4, 0.5) is 5.13 Å². The quantitative estimate of drug-likeness (QED) is 0.0325. The Morgan fingerprint density at radius 3 is 2.27 bits per heavy atom. The molecule has 1 N–H and O–H groups in total. The third kappa shape index (κ3) is 7.73. The number of unbranched alkanes of at least 4 members (excludes halogenated alkanes) is 1. The maximum atomic E-state index is 13.7. The average Bonchev–Trinajstić information content (AvgIpc) is 3.69. The molecule has 1 saturated heterocycles. The molecule has 5 aromatic rings. The third-order valence-corrected chi connectivity index (χ3v) is 10.0. The van der Waals surface area contributed by atoms with Crippen molar-refractivity contribution in [1.29, 1.82) is 0 Å². The van der Waals surface area contributed by atoms with Crippen LogP contribution < -0.4 is 14.4 Å². The van der Waals surface area contributed by atoms with Gasteiger partial charge in [0.15, 0.2) is 4.34 Å². The Morgan fingerprint density at radius 1 is 0.875 bits per heavy atom. The van der Waals surface area contributed by atoms with Crippen LogP contribution in [-0.2, 0) is 21.9 Å². The molecule has 8 nitrogen and oxygen atoms in total. The summed E-state index contributed by atoms with van der Waals surface area (Å²) in [4.78, 5) is 28.7. The molecule has 1 unspecified atom stereocenters. The first-order chi connectivity index (χ1) is 23.4. The van der Waals surface area contributed by atoms with Gasteiger partial charge in [0, 0.05) is 16.3 Å². The van der Waals surface area contributed by atoms with E-state index in [1.54, 1.807) is 48.5 Å². The predicted octanol–water partition coefficient (Wildman–Crippen LogP) is 8.87. The lowest BCUT2D eigenvalue weighted by Crippen LogP contribution is -2.29. The number of halogens is 1. The second kappa shape index (κ2) is 15.5. The van der Waals surface area contributed by atoms with Gasteiger partial charge in [0.25, 0.3) is 5.78 Å². The van der Waals surface area contributed by atoms with E-state index < -0.39 is 17.7 Å². The van der Waals surface area contributed by atoms with Crippen LogP contribution in [0.5, 0.6) is 11.5 Å². The number of Topliss-reactive ketones (excluding diaryl/α,β-unsaturated/α-hetero) is 1. The zero-order valence-electron chi connectivity index (χ0n) is 26.0. The van der Waals surface area contributed by atoms with Crippen molar-refractivity contribution < 1.29 is 24.2 Å². The zero-order valence-corrected chi connectivity index (χ0v) is 28.4. The fraction of sp³-hybridized carbons (Fsp3) is 0.189. The molecule has 0 radical (unpaired) electrons. The number of hydrogen-bond acceptors (Lipinski definition) is 9. The summed E-state index contributed by atoms with van der Waals surface area (Å²) in [5.74, 6) is 0.00541. The van der Waals surface area contributed by atoms with Gasteiger partial charge >= 0.3 is 5.91 Å². The standard InChI is InChI=1S/C37H32ClN3O5S2/c1-2-3-21-45-29-19-13-27(14-20-29)33(42)31-32(26-11-17-30(18-12-26)46-22-24-7-5-4-6-8-24)41(35(44)34(31)43)36-39-40-37(48-36)47-23-25-9-15-28(38)16-10-25/h4-20,32,42H,2-3,21-23H2,1H3/b33-31-. The van der Waals surface area contributed by atoms with Crippen LogP contribution in [0.1, 0.15) is 48.1 Å². The Morgan fingerprint density at radius 2 is 1.56 bits per heavy atom. The number of amides is 1. The minimum absolute atomic E-state index is 0.0387. The minimum atomic E-state index is -0.948. The highest BCUT2D eigenvalue weighted by Crippen LogP contribution is 2.44. The van der Waals surface area contributed by atoms with Gasteiger partial charge in [-0.25, -0.2) is 0 Å². The van der Waals surface area contributed by atoms with E-state index in [1.165, 1.54) is 28.0 Å². The number of thioether (sulfide) groups is 1. The molecular formula is C37H32ClN3O5S2. The zero-order chi connectivity index (χ0) is 33.5. The van der Waals surface area contributed by atoms with Crippen LogP contribution in [0, 0.1) is 0 Å². The minimum Gasteiger partial charge on any atom is -0.507 e. The molecule has 1 amide bonds. The van der Waals surface area contributed by atoms with Crippen LogP contribution >= 0.6 is 34.7 Å². The maximum absolute atomic E-state index is 13.7. The number of hydrogen-bond donors (Lipinski definition) is 1. The fourth-order valence-corrected chi connectivity index (χ4v) is 7.06. The molecule has 6 rings (SSSR count). The van der Waals surface area contributed by atoms with Gasteiger partial charge in [0.05, 0.1) is 18.2 Å². The maximum Gasteiger partial charge on any atom is 0.301 e. The number of aliphatic hydroxyl groups is 1. The van der Waals surface area contributed by atoms with Crippen molar-refractivity contribution in [2.75, 3.05) is 11.5 Å². The number of rotatable bonds is 13. The summed E-state index contributed by atoms with van der Waals surface area (Å²) < 4.78 is 12.4. The summed E-state index contributed by atoms with van der Waals surface area (Å²) in [6.07, 6.45) is 1.94. The van der Waals surface area contributed by atoms with Crippen molar-refractivity contribution in [2.24, 2.45) is 0 Å². The highest BCUT2D eigenvalue weighted by Gasteiger charge is 2.48. The second-order valence-electron chi connectivity index (χ2n) is 11.0. The Balaban J connectivity index is 1.31. The monoisotopic (exact) mass is 697 g/mol. The van der Waals surface area contributed by atoms with E-state index in [-0.39, 0.29) is 16.5 Å². The first-order valence-electron chi connectivity index (χ1n) is 15.4. The van der Waals surface area contributed by atoms with E-state index in [0.717, 1.165) is 24.0 Å². The summed E-state index contributed by atoms with van der Waals surface area (Å²) in [5.41, 5.74) is 3.03. The van der Waals surface area contributed by atoms with Gasteiger partial charge in [-0.05, 0) is 71.6 Å². The first-order valence-corrected chi connectivity index (χ1v) is 17.6. The van der Waals surface area contributed by atoms with Gasteiger partial charge in [0.1, 0.15) is 23.9 Å². The predicted molar refractivity (Wildman–Crippen MR) is 190 cm³/mol. The molecule has 0 saturated carbocycles. The van der Waals surface area contributed by atoms with E-state index in [0.29, 0.717) is 51.0 Å². The molecule has 1 atom stereocenters. The molecule has 0 bridgehead atoms. The molecule has 4 aromatic carbocycles. The summed E-state index contributed by atoms with van der Waals surface area (Å²) in [7, 11) is 0. The van der Waals surface area contributed by atoms with E-state index in [2.05, 4.69) is 17.1 Å². The largest absolute Gasteiger partial charge is 0.507 e. The second-order valence-corrected chi connectivity index (χ2v) is 13.6. The number of carbonyl (C=O) groups is 2. The fourth-order valence-electron chi connectivity index (χ4n) is 5.12. The van der Waals surface area contributed by atoms with E-state index in [4.69, 9.17) is 21.1 Å². The Labute approximate surface area is 292 Å². The van der Waals surface area contributed by atoms with Crippen LogP contribution in [0.15, 0.2) is 113 Å². The molecule has 1 aliphatic heterocycles. The number of nitrogens with zero attached hydrogens (tertiary/aromatic N) is 3. The molecule has 1 aromatic heterocycles. The van der Waals surface area contributed by atoms with Crippen LogP contribution in [-0.4, -0.2) is 33.6 Å². The van der Waals surface area contributed by atoms with Gasteiger partial charge in [0.2, 0.25) is 5.13 Å². The summed E-state index contributed by atoms with van der Waals surface area (Å²) in [5, 5.41) is 21.1. The van der Waals surface area contributed by atoms with Gasteiger partial charge in [-0.2, -0.15) is 0 Å². The van der Waals surface area contributed by atoms with Gasteiger partial charge in [-0.1, -0.05) is 103 Å². The number of anilines is 1. The SMILES string of the molecule is CCCCOc1ccc(/C(O)=C2/C(=O)C(=O)N(c3nnc(SCc4ccc(Cl)cc4)s3)C2c2ccc(OCc3ccccc3)cc2)cc1. The molecule has 2 heterocycles. The molecule has 0 spiro atoms. The van der Waals surface area contributed by atoms with E-state index in [9.17, 15) is 14.7 Å². The third-order valence-electron chi connectivity index (χ3n) is 7.66. The lowest BCUT2D eigenvalue weighted by molar-refractivity contribution is -0.132. The Bertz CT molecular complexity index is 1900. The van der Waals surface area contributed by atoms with Gasteiger partial charge in [-0.3, -0.25) is 14.5 Å². The first kappa shape index (κ1) is 33.3. The van der Waals surface area contributed by atoms with Crippen molar-refractivity contribution in [3.63, 3.8) is 0 Å².